The molecule has 0 saturated carbocycles. The van der Waals surface area contributed by atoms with Crippen LogP contribution < -0.4 is 24.2 Å². The number of carboxylic acid groups (broad SMARTS) is 1. The average Bonchev–Trinajstić information content (AvgIpc) is 4.01. The van der Waals surface area contributed by atoms with Gasteiger partial charge in [-0.3, -0.25) is 4.79 Å². The summed E-state index contributed by atoms with van der Waals surface area (Å²) in [5.41, 5.74) is 5.52. The number of esters is 1. The molecule has 9 heterocycles. The number of anilines is 1. The maximum absolute atomic E-state index is 12.7. The molecule has 388 valence electrons. The maximum atomic E-state index is 12.7. The third-order valence-corrected chi connectivity index (χ3v) is 13.6. The third kappa shape index (κ3) is 13.1. The van der Waals surface area contributed by atoms with Gasteiger partial charge in [0.05, 0.1) is 89.7 Å². The Morgan fingerprint density at radius 2 is 0.959 bits per heavy atom. The van der Waals surface area contributed by atoms with Gasteiger partial charge in [0.1, 0.15) is 0 Å². The number of carboxylic acids is 1. The van der Waals surface area contributed by atoms with E-state index in [2.05, 4.69) is 35.6 Å². The van der Waals surface area contributed by atoms with Crippen molar-refractivity contribution in [2.24, 2.45) is 0 Å². The van der Waals surface area contributed by atoms with Crippen molar-refractivity contribution in [2.75, 3.05) is 51.6 Å². The minimum Gasteiger partial charge on any atom is -0.870 e. The van der Waals surface area contributed by atoms with Gasteiger partial charge in [0.15, 0.2) is 16.9 Å². The number of aromatic nitrogens is 9. The molecule has 3 aliphatic rings. The zero-order valence-corrected chi connectivity index (χ0v) is 42.8. The van der Waals surface area contributed by atoms with Gasteiger partial charge in [-0.1, -0.05) is 61.3 Å². The molecule has 3 saturated heterocycles. The molecule has 24 heteroatoms. The van der Waals surface area contributed by atoms with E-state index in [4.69, 9.17) is 70.5 Å². The van der Waals surface area contributed by atoms with Crippen LogP contribution in [-0.2, 0) is 18.9 Å². The predicted molar refractivity (Wildman–Crippen MR) is 277 cm³/mol. The van der Waals surface area contributed by atoms with Crippen molar-refractivity contribution in [3.05, 3.63) is 96.7 Å². The van der Waals surface area contributed by atoms with Gasteiger partial charge in [0.2, 0.25) is 0 Å². The molecule has 0 atom stereocenters. The van der Waals surface area contributed by atoms with E-state index in [1.165, 1.54) is 18.6 Å². The Kier molecular flexibility index (Phi) is 22.5. The smallest absolute Gasteiger partial charge is 0.870 e. The molecule has 19 nitrogen and oxygen atoms in total. The first-order chi connectivity index (χ1) is 33.3. The SMILES string of the molecule is C.C.CCOC(=O)c1cnc2c(c(C)nn2C2CCOCC2)c1Cl.Cc1nn(C2CCOCC2)c2ncc(C(=O)Nc3ccc(Cl)cc3)c(Cl)c12.Cc1nn(C2CCOCC2)c2ncc(C(=O)O)c(Cl)c12.[Li+].[OH-]. The first-order valence-corrected chi connectivity index (χ1v) is 24.1. The predicted octanol–water partition coefficient (Wildman–Crippen LogP) is 8.11. The van der Waals surface area contributed by atoms with Crippen molar-refractivity contribution in [1.29, 1.82) is 0 Å². The number of nitrogens with zero attached hydrogens (tertiary/aromatic N) is 9. The van der Waals surface area contributed by atoms with E-state index in [0.717, 1.165) is 68.5 Å². The summed E-state index contributed by atoms with van der Waals surface area (Å²) in [5.74, 6) is -1.86. The largest absolute Gasteiger partial charge is 1.00 e. The molecule has 0 radical (unpaired) electrons. The molecule has 7 aromatic rings. The quantitative estimate of drug-likeness (QED) is 0.108. The van der Waals surface area contributed by atoms with Gasteiger partial charge in [0.25, 0.3) is 5.91 Å². The number of carbonyl (C=O) groups excluding carboxylic acids is 2. The van der Waals surface area contributed by atoms with Gasteiger partial charge in [-0.05, 0) is 90.5 Å². The van der Waals surface area contributed by atoms with E-state index < -0.39 is 11.9 Å². The fourth-order valence-corrected chi connectivity index (χ4v) is 9.82. The van der Waals surface area contributed by atoms with Crippen LogP contribution in [0.1, 0.15) is 127 Å². The molecule has 3 fully saturated rings. The van der Waals surface area contributed by atoms with Crippen LogP contribution >= 0.6 is 46.4 Å². The van der Waals surface area contributed by atoms with Gasteiger partial charge in [-0.2, -0.15) is 15.3 Å². The number of ether oxygens (including phenoxy) is 4. The molecule has 3 N–H and O–H groups in total. The normalized spacial score (nSPS) is 15.1. The van der Waals surface area contributed by atoms with E-state index in [9.17, 15) is 14.4 Å². The van der Waals surface area contributed by atoms with Crippen LogP contribution in [-0.4, -0.2) is 119 Å². The summed E-state index contributed by atoms with van der Waals surface area (Å²) < 4.78 is 26.9. The number of aryl methyl sites for hydroxylation is 3. The number of nitrogens with one attached hydrogen (secondary N) is 1. The first-order valence-electron chi connectivity index (χ1n) is 22.6. The summed E-state index contributed by atoms with van der Waals surface area (Å²) >= 11 is 25.1. The maximum Gasteiger partial charge on any atom is 1.00 e. The van der Waals surface area contributed by atoms with E-state index in [-0.39, 0.29) is 79.4 Å². The van der Waals surface area contributed by atoms with Crippen molar-refractivity contribution in [1.82, 2.24) is 44.3 Å². The Labute approximate surface area is 455 Å². The van der Waals surface area contributed by atoms with Crippen LogP contribution in [0.15, 0.2) is 42.9 Å². The molecular formula is C49H59Cl4LiN10O9. The zero-order chi connectivity index (χ0) is 48.9. The molecule has 10 rings (SSSR count). The number of benzene rings is 1. The molecule has 73 heavy (non-hydrogen) atoms. The summed E-state index contributed by atoms with van der Waals surface area (Å²) in [4.78, 5) is 48.9. The molecule has 0 spiro atoms. The number of hydrogen-bond acceptors (Lipinski definition) is 14. The first kappa shape index (κ1) is 60.6. The van der Waals surface area contributed by atoms with Crippen molar-refractivity contribution in [3.8, 4) is 0 Å². The standard InChI is InChI=1S/C19H18Cl2N4O2.C15H18ClN3O3.C13H14ClN3O3.2CH4.Li.H2O/c1-11-16-17(21)15(19(26)23-13-4-2-12(20)3-5-13)10-22-18(16)25(24-11)14-6-8-27-9-7-14;1-3-22-15(20)11-8-17-14-12(13(11)16)9(2)18-19(14)10-4-6-21-7-5-10;1-7-10-11(14)9(13(18)19)6-15-12(10)17(16-7)8-2-4-20-5-3-8;;;;/h2-5,10,14H,6-9H2,1H3,(H,23,26);8,10H,3-7H2,1-2H3;6,8H,2-5H2,1H3,(H,18,19);2*1H4;;1H2/q;;;;;+1;/p-1. The number of rotatable bonds is 8. The topological polar surface area (TPSA) is 243 Å². The molecule has 0 aliphatic carbocycles. The molecular weight excluding hydrogens is 1020 g/mol. The van der Waals surface area contributed by atoms with Crippen LogP contribution in [0.5, 0.6) is 0 Å². The van der Waals surface area contributed by atoms with E-state index in [1.807, 2.05) is 34.8 Å². The van der Waals surface area contributed by atoms with E-state index in [1.54, 1.807) is 31.2 Å². The Balaban J connectivity index is 0.000000234. The Morgan fingerprint density at radius 3 is 1.33 bits per heavy atom. The number of carbonyl (C=O) groups is 3. The molecule has 1 aromatic carbocycles. The third-order valence-electron chi connectivity index (χ3n) is 12.2. The van der Waals surface area contributed by atoms with Crippen molar-refractivity contribution < 1.29 is 62.8 Å². The second kappa shape index (κ2) is 27.0. The fraction of sp³-hybridized carbons (Fsp3) is 0.449. The second-order valence-corrected chi connectivity index (χ2v) is 18.2. The van der Waals surface area contributed by atoms with Crippen LogP contribution in [0.2, 0.25) is 20.1 Å². The Hall–Kier alpha value is -4.91. The number of aromatic carboxylic acids is 1. The molecule has 0 unspecified atom stereocenters. The molecule has 6 aromatic heterocycles. The Bertz CT molecular complexity index is 3030. The summed E-state index contributed by atoms with van der Waals surface area (Å²) in [6, 6.07) is 7.58. The summed E-state index contributed by atoms with van der Waals surface area (Å²) in [7, 11) is 0. The monoisotopic (exact) mass is 1080 g/mol. The van der Waals surface area contributed by atoms with Gasteiger partial charge in [-0.15, -0.1) is 0 Å². The van der Waals surface area contributed by atoms with Crippen molar-refractivity contribution >= 4 is 103 Å². The Morgan fingerprint density at radius 1 is 0.616 bits per heavy atom. The zero-order valence-electron chi connectivity index (χ0n) is 39.8. The minimum atomic E-state index is -1.08. The van der Waals surface area contributed by atoms with Crippen molar-refractivity contribution in [2.45, 2.75) is 99.2 Å². The molecule has 3 aliphatic heterocycles. The van der Waals surface area contributed by atoms with Crippen molar-refractivity contribution in [3.63, 3.8) is 0 Å². The van der Waals surface area contributed by atoms with Gasteiger partial charge in [0, 0.05) is 68.9 Å². The second-order valence-electron chi connectivity index (χ2n) is 16.7. The van der Waals surface area contributed by atoms with Crippen LogP contribution in [0.4, 0.5) is 5.69 Å². The van der Waals surface area contributed by atoms with Gasteiger partial charge >= 0.3 is 30.8 Å². The number of amides is 1. The van der Waals surface area contributed by atoms with Crippen LogP contribution in [0.3, 0.4) is 0 Å². The van der Waals surface area contributed by atoms with Gasteiger partial charge < -0.3 is 34.8 Å². The van der Waals surface area contributed by atoms with E-state index >= 15 is 0 Å². The van der Waals surface area contributed by atoms with E-state index in [0.29, 0.717) is 92.8 Å². The fourth-order valence-electron chi connectivity index (χ4n) is 8.64. The average molecular weight is 1080 g/mol. The molecule has 0 bridgehead atoms. The summed E-state index contributed by atoms with van der Waals surface area (Å²) in [6.07, 6.45) is 9.58. The number of hydrogen-bond donors (Lipinski definition) is 2. The number of pyridine rings is 3. The number of fused-ring (bicyclic) bond motifs is 3. The summed E-state index contributed by atoms with van der Waals surface area (Å²) in [5, 5.41) is 29.2. The van der Waals surface area contributed by atoms with Crippen LogP contribution in [0, 0.1) is 20.8 Å². The van der Waals surface area contributed by atoms with Crippen LogP contribution in [0.25, 0.3) is 33.1 Å². The van der Waals surface area contributed by atoms with Gasteiger partial charge in [-0.25, -0.2) is 38.6 Å². The number of halogens is 4. The minimum absolute atomic E-state index is 0. The molecule has 1 amide bonds. The summed E-state index contributed by atoms with van der Waals surface area (Å²) in [6.45, 7) is 11.9.